The van der Waals surface area contributed by atoms with Crippen molar-refractivity contribution in [2.45, 2.75) is 26.4 Å². The Bertz CT molecular complexity index is 827. The topological polar surface area (TPSA) is 65.3 Å². The molecular formula is C16H18N4O. The van der Waals surface area contributed by atoms with E-state index in [-0.39, 0.29) is 11.6 Å². The fourth-order valence-corrected chi connectivity index (χ4v) is 2.65. The molecule has 3 aromatic rings. The Morgan fingerprint density at radius 2 is 1.90 bits per heavy atom. The Balaban J connectivity index is 1.94. The lowest BCUT2D eigenvalue weighted by Gasteiger charge is -2.15. The van der Waals surface area contributed by atoms with Gasteiger partial charge in [0.15, 0.2) is 0 Å². The normalized spacial score (nSPS) is 12.7. The number of hydrogen-bond acceptors (Lipinski definition) is 3. The summed E-state index contributed by atoms with van der Waals surface area (Å²) >= 11 is 0. The molecule has 0 saturated carbocycles. The number of aromatic nitrogens is 3. The summed E-state index contributed by atoms with van der Waals surface area (Å²) in [5, 5.41) is 4.05. The van der Waals surface area contributed by atoms with Gasteiger partial charge >= 0.3 is 0 Å². The van der Waals surface area contributed by atoms with Crippen molar-refractivity contribution in [2.24, 2.45) is 5.73 Å². The van der Waals surface area contributed by atoms with E-state index >= 15 is 0 Å². The molecule has 0 spiro atoms. The van der Waals surface area contributed by atoms with Crippen LogP contribution in [0.5, 0.6) is 0 Å². The Morgan fingerprint density at radius 3 is 2.62 bits per heavy atom. The smallest absolute Gasteiger partial charge is 0.276 e. The van der Waals surface area contributed by atoms with Crippen molar-refractivity contribution in [1.29, 1.82) is 0 Å². The third-order valence-electron chi connectivity index (χ3n) is 3.60. The number of aryl methyl sites for hydroxylation is 2. The Kier molecular flexibility index (Phi) is 3.35. The number of benzene rings is 1. The number of rotatable bonds is 3. The van der Waals surface area contributed by atoms with Crippen LogP contribution in [0.1, 0.15) is 22.7 Å². The first-order valence-corrected chi connectivity index (χ1v) is 6.91. The van der Waals surface area contributed by atoms with Crippen molar-refractivity contribution < 1.29 is 0 Å². The minimum atomic E-state index is -0.216. The van der Waals surface area contributed by atoms with Gasteiger partial charge in [-0.15, -0.1) is 0 Å². The molecule has 2 heterocycles. The summed E-state index contributed by atoms with van der Waals surface area (Å²) in [5.74, 6) is 0. The maximum Gasteiger partial charge on any atom is 0.276 e. The van der Waals surface area contributed by atoms with Crippen molar-refractivity contribution >= 4 is 5.52 Å². The van der Waals surface area contributed by atoms with E-state index in [2.05, 4.69) is 23.3 Å². The van der Waals surface area contributed by atoms with Crippen LogP contribution in [0.3, 0.4) is 0 Å². The first-order chi connectivity index (χ1) is 10.0. The van der Waals surface area contributed by atoms with E-state index in [1.807, 2.05) is 13.8 Å². The average Bonchev–Trinajstić information content (AvgIpc) is 2.90. The lowest BCUT2D eigenvalue weighted by atomic mass is 10.0. The van der Waals surface area contributed by atoms with E-state index in [9.17, 15) is 4.79 Å². The summed E-state index contributed by atoms with van der Waals surface area (Å²) in [6, 6.07) is 7.74. The first-order valence-electron chi connectivity index (χ1n) is 6.91. The molecule has 0 aliphatic carbocycles. The molecule has 0 bridgehead atoms. The van der Waals surface area contributed by atoms with Crippen molar-refractivity contribution in [1.82, 2.24) is 14.2 Å². The SMILES string of the molecule is Cc1cc(C)cc(C(N)Cn2ccn3nccc3c2=O)c1. The third-order valence-corrected chi connectivity index (χ3v) is 3.60. The molecule has 2 aromatic heterocycles. The van der Waals surface area contributed by atoms with Gasteiger partial charge in [-0.3, -0.25) is 4.79 Å². The number of nitrogens with zero attached hydrogens (tertiary/aromatic N) is 3. The van der Waals surface area contributed by atoms with Crippen LogP contribution in [0, 0.1) is 13.8 Å². The molecule has 1 aromatic carbocycles. The standard InChI is InChI=1S/C16H18N4O/c1-11-7-12(2)9-13(8-11)14(17)10-19-5-6-20-15(16(19)21)3-4-18-20/h3-9,14H,10,17H2,1-2H3. The quantitative estimate of drug-likeness (QED) is 0.797. The summed E-state index contributed by atoms with van der Waals surface area (Å²) in [5.41, 5.74) is 10.2. The summed E-state index contributed by atoms with van der Waals surface area (Å²) in [6.07, 6.45) is 5.11. The molecule has 0 saturated heterocycles. The highest BCUT2D eigenvalue weighted by molar-refractivity contribution is 5.42. The summed E-state index contributed by atoms with van der Waals surface area (Å²) < 4.78 is 3.21. The Hall–Kier alpha value is -2.40. The van der Waals surface area contributed by atoms with Crippen LogP contribution in [0.25, 0.3) is 5.52 Å². The largest absolute Gasteiger partial charge is 0.322 e. The van der Waals surface area contributed by atoms with Gasteiger partial charge in [-0.25, -0.2) is 4.52 Å². The highest BCUT2D eigenvalue weighted by Crippen LogP contribution is 2.16. The van der Waals surface area contributed by atoms with Crippen LogP contribution in [-0.4, -0.2) is 14.2 Å². The van der Waals surface area contributed by atoms with E-state index in [1.165, 1.54) is 11.1 Å². The predicted molar refractivity (Wildman–Crippen MR) is 82.3 cm³/mol. The van der Waals surface area contributed by atoms with Gasteiger partial charge in [-0.05, 0) is 25.5 Å². The Morgan fingerprint density at radius 1 is 1.19 bits per heavy atom. The molecule has 5 heteroatoms. The molecule has 108 valence electrons. The van der Waals surface area contributed by atoms with Gasteiger partial charge in [0.1, 0.15) is 5.52 Å². The van der Waals surface area contributed by atoms with Crippen molar-refractivity contribution in [3.05, 3.63) is 69.9 Å². The van der Waals surface area contributed by atoms with Gasteiger partial charge < -0.3 is 10.3 Å². The fourth-order valence-electron chi connectivity index (χ4n) is 2.65. The zero-order chi connectivity index (χ0) is 15.0. The molecule has 0 aliphatic rings. The van der Waals surface area contributed by atoms with Crippen LogP contribution in [-0.2, 0) is 6.54 Å². The first kappa shape index (κ1) is 13.6. The van der Waals surface area contributed by atoms with Gasteiger partial charge in [-0.2, -0.15) is 5.10 Å². The van der Waals surface area contributed by atoms with E-state index in [0.717, 1.165) is 5.56 Å². The number of nitrogens with two attached hydrogens (primary N) is 1. The highest BCUT2D eigenvalue weighted by atomic mass is 16.1. The monoisotopic (exact) mass is 282 g/mol. The number of hydrogen-bond donors (Lipinski definition) is 1. The zero-order valence-electron chi connectivity index (χ0n) is 12.2. The van der Waals surface area contributed by atoms with Gasteiger partial charge in [0.05, 0.1) is 6.20 Å². The lowest BCUT2D eigenvalue weighted by Crippen LogP contribution is -2.27. The van der Waals surface area contributed by atoms with Crippen LogP contribution < -0.4 is 11.3 Å². The third kappa shape index (κ3) is 2.60. The summed E-state index contributed by atoms with van der Waals surface area (Å²) in [6.45, 7) is 4.55. The highest BCUT2D eigenvalue weighted by Gasteiger charge is 2.10. The molecule has 0 amide bonds. The lowest BCUT2D eigenvalue weighted by molar-refractivity contribution is 0.559. The molecule has 3 rings (SSSR count). The molecule has 2 N–H and O–H groups in total. The molecule has 21 heavy (non-hydrogen) atoms. The van der Waals surface area contributed by atoms with Crippen LogP contribution in [0.2, 0.25) is 0 Å². The molecule has 1 unspecified atom stereocenters. The van der Waals surface area contributed by atoms with E-state index in [1.54, 1.807) is 33.7 Å². The molecular weight excluding hydrogens is 264 g/mol. The van der Waals surface area contributed by atoms with Crippen molar-refractivity contribution in [2.75, 3.05) is 0 Å². The van der Waals surface area contributed by atoms with Gasteiger partial charge in [0.2, 0.25) is 0 Å². The molecule has 5 nitrogen and oxygen atoms in total. The maximum atomic E-state index is 12.3. The van der Waals surface area contributed by atoms with Gasteiger partial charge in [0, 0.05) is 25.0 Å². The second-order valence-corrected chi connectivity index (χ2v) is 5.44. The van der Waals surface area contributed by atoms with Crippen molar-refractivity contribution in [3.63, 3.8) is 0 Å². The molecule has 0 aliphatic heterocycles. The van der Waals surface area contributed by atoms with E-state index in [4.69, 9.17) is 5.73 Å². The van der Waals surface area contributed by atoms with E-state index in [0.29, 0.717) is 12.1 Å². The maximum absolute atomic E-state index is 12.3. The van der Waals surface area contributed by atoms with Crippen LogP contribution >= 0.6 is 0 Å². The average molecular weight is 282 g/mol. The minimum absolute atomic E-state index is 0.0742. The zero-order valence-corrected chi connectivity index (χ0v) is 12.2. The Labute approximate surface area is 122 Å². The second-order valence-electron chi connectivity index (χ2n) is 5.44. The van der Waals surface area contributed by atoms with E-state index < -0.39 is 0 Å². The molecule has 0 radical (unpaired) electrons. The summed E-state index contributed by atoms with van der Waals surface area (Å²) in [7, 11) is 0. The number of fused-ring (bicyclic) bond motifs is 1. The fraction of sp³-hybridized carbons (Fsp3) is 0.250. The summed E-state index contributed by atoms with van der Waals surface area (Å²) in [4.78, 5) is 12.3. The minimum Gasteiger partial charge on any atom is -0.322 e. The van der Waals surface area contributed by atoms with Crippen LogP contribution in [0.4, 0.5) is 0 Å². The second kappa shape index (κ2) is 5.18. The van der Waals surface area contributed by atoms with Crippen LogP contribution in [0.15, 0.2) is 47.7 Å². The molecule has 0 fully saturated rings. The van der Waals surface area contributed by atoms with Crippen molar-refractivity contribution in [3.8, 4) is 0 Å². The van der Waals surface area contributed by atoms with Gasteiger partial charge in [0.25, 0.3) is 5.56 Å². The van der Waals surface area contributed by atoms with Gasteiger partial charge in [-0.1, -0.05) is 29.3 Å². The molecule has 1 atom stereocenters. The predicted octanol–water partition coefficient (Wildman–Crippen LogP) is 1.81.